The molecule has 2 heterocycles. The van der Waals surface area contributed by atoms with E-state index in [1.54, 1.807) is 18.7 Å². The minimum atomic E-state index is -0.377. The van der Waals surface area contributed by atoms with Gasteiger partial charge in [-0.3, -0.25) is 14.9 Å². The van der Waals surface area contributed by atoms with Crippen LogP contribution >= 0.6 is 0 Å². The molecule has 1 amide bonds. The van der Waals surface area contributed by atoms with Crippen molar-refractivity contribution in [3.8, 4) is 0 Å². The topological polar surface area (TPSA) is 93.3 Å². The summed E-state index contributed by atoms with van der Waals surface area (Å²) in [5, 5.41) is 18.6. The van der Waals surface area contributed by atoms with E-state index in [4.69, 9.17) is 0 Å². The molecule has 27 heavy (non-hydrogen) atoms. The van der Waals surface area contributed by atoms with Gasteiger partial charge in [-0.15, -0.1) is 0 Å². The minimum Gasteiger partial charge on any atom is -0.352 e. The molecule has 0 unspecified atom stereocenters. The zero-order valence-electron chi connectivity index (χ0n) is 15.9. The number of nitrogens with one attached hydrogen (secondary N) is 1. The number of aromatic nitrogens is 2. The van der Waals surface area contributed by atoms with Gasteiger partial charge < -0.3 is 10.2 Å². The molecule has 1 aromatic carbocycles. The van der Waals surface area contributed by atoms with Crippen LogP contribution < -0.4 is 10.2 Å². The SMILES string of the molecule is Cc1ccc(CNC(=O)C2CCN(c3c([N+](=O)[O-])c(C)nn3C)CC2)cc1. The first-order valence-electron chi connectivity index (χ1n) is 9.13. The number of nitro groups is 1. The Balaban J connectivity index is 1.58. The number of piperidine rings is 1. The molecule has 0 radical (unpaired) electrons. The Morgan fingerprint density at radius 1 is 1.26 bits per heavy atom. The lowest BCUT2D eigenvalue weighted by Crippen LogP contribution is -2.41. The van der Waals surface area contributed by atoms with Crippen LogP contribution in [0.5, 0.6) is 0 Å². The maximum atomic E-state index is 12.5. The van der Waals surface area contributed by atoms with Crippen molar-refractivity contribution < 1.29 is 9.72 Å². The highest BCUT2D eigenvalue weighted by molar-refractivity contribution is 5.79. The van der Waals surface area contributed by atoms with Crippen molar-refractivity contribution >= 4 is 17.4 Å². The zero-order valence-corrected chi connectivity index (χ0v) is 15.9. The monoisotopic (exact) mass is 371 g/mol. The Morgan fingerprint density at radius 3 is 2.48 bits per heavy atom. The number of hydrogen-bond acceptors (Lipinski definition) is 5. The molecule has 1 aliphatic heterocycles. The molecule has 0 bridgehead atoms. The molecule has 3 rings (SSSR count). The first-order chi connectivity index (χ1) is 12.9. The van der Waals surface area contributed by atoms with Gasteiger partial charge in [0.05, 0.1) is 4.92 Å². The number of carbonyl (C=O) groups is 1. The highest BCUT2D eigenvalue weighted by atomic mass is 16.6. The third-order valence-electron chi connectivity index (χ3n) is 5.10. The number of benzene rings is 1. The van der Waals surface area contributed by atoms with Crippen molar-refractivity contribution in [3.05, 3.63) is 51.2 Å². The van der Waals surface area contributed by atoms with Gasteiger partial charge in [-0.25, -0.2) is 4.68 Å². The number of anilines is 1. The number of aryl methyl sites for hydroxylation is 3. The van der Waals surface area contributed by atoms with E-state index in [-0.39, 0.29) is 22.4 Å². The summed E-state index contributed by atoms with van der Waals surface area (Å²) in [6.45, 7) is 5.40. The summed E-state index contributed by atoms with van der Waals surface area (Å²) in [5.41, 5.74) is 2.74. The Kier molecular flexibility index (Phi) is 5.43. The lowest BCUT2D eigenvalue weighted by molar-refractivity contribution is -0.384. The van der Waals surface area contributed by atoms with Gasteiger partial charge in [0.1, 0.15) is 5.69 Å². The Bertz CT molecular complexity index is 836. The second-order valence-electron chi connectivity index (χ2n) is 7.10. The fourth-order valence-electron chi connectivity index (χ4n) is 3.60. The average Bonchev–Trinajstić information content (AvgIpc) is 2.95. The predicted octanol–water partition coefficient (Wildman–Crippen LogP) is 2.48. The van der Waals surface area contributed by atoms with Crippen molar-refractivity contribution in [2.24, 2.45) is 13.0 Å². The van der Waals surface area contributed by atoms with Crippen LogP contribution in [0.2, 0.25) is 0 Å². The zero-order chi connectivity index (χ0) is 19.6. The number of carbonyl (C=O) groups excluding carboxylic acids is 1. The second-order valence-corrected chi connectivity index (χ2v) is 7.10. The first kappa shape index (κ1) is 18.9. The molecule has 2 aromatic rings. The van der Waals surface area contributed by atoms with Gasteiger partial charge in [0.2, 0.25) is 11.7 Å². The van der Waals surface area contributed by atoms with Crippen molar-refractivity contribution in [3.63, 3.8) is 0 Å². The van der Waals surface area contributed by atoms with E-state index in [1.165, 1.54) is 5.56 Å². The lowest BCUT2D eigenvalue weighted by atomic mass is 9.95. The van der Waals surface area contributed by atoms with Crippen molar-refractivity contribution in [2.75, 3.05) is 18.0 Å². The van der Waals surface area contributed by atoms with E-state index >= 15 is 0 Å². The summed E-state index contributed by atoms with van der Waals surface area (Å²) < 4.78 is 1.56. The Morgan fingerprint density at radius 2 is 1.89 bits per heavy atom. The first-order valence-corrected chi connectivity index (χ1v) is 9.13. The average molecular weight is 371 g/mol. The summed E-state index contributed by atoms with van der Waals surface area (Å²) in [7, 11) is 1.72. The van der Waals surface area contributed by atoms with Crippen LogP contribution in [0.15, 0.2) is 24.3 Å². The molecule has 1 fully saturated rings. The van der Waals surface area contributed by atoms with Crippen LogP contribution in [0.3, 0.4) is 0 Å². The molecule has 1 aliphatic rings. The van der Waals surface area contributed by atoms with Crippen LogP contribution in [0, 0.1) is 29.9 Å². The van der Waals surface area contributed by atoms with E-state index < -0.39 is 0 Å². The maximum Gasteiger partial charge on any atom is 0.333 e. The number of rotatable bonds is 5. The molecule has 0 spiro atoms. The molecule has 8 heteroatoms. The molecule has 1 N–H and O–H groups in total. The van der Waals surface area contributed by atoms with E-state index in [0.717, 1.165) is 5.56 Å². The quantitative estimate of drug-likeness (QED) is 0.644. The molecule has 8 nitrogen and oxygen atoms in total. The van der Waals surface area contributed by atoms with Crippen LogP contribution in [0.25, 0.3) is 0 Å². The van der Waals surface area contributed by atoms with Crippen LogP contribution in [-0.4, -0.2) is 33.7 Å². The summed E-state index contributed by atoms with van der Waals surface area (Å²) in [4.78, 5) is 25.4. The normalized spacial score (nSPS) is 15.0. The molecular weight excluding hydrogens is 346 g/mol. The Hall–Kier alpha value is -2.90. The predicted molar refractivity (Wildman–Crippen MR) is 103 cm³/mol. The number of hydrogen-bond donors (Lipinski definition) is 1. The van der Waals surface area contributed by atoms with Crippen molar-refractivity contribution in [2.45, 2.75) is 33.2 Å². The molecule has 0 aliphatic carbocycles. The van der Waals surface area contributed by atoms with Crippen LogP contribution in [0.1, 0.15) is 29.7 Å². The van der Waals surface area contributed by atoms with E-state index in [1.807, 2.05) is 36.1 Å². The minimum absolute atomic E-state index is 0.0471. The molecule has 1 saturated heterocycles. The number of nitrogens with zero attached hydrogens (tertiary/aromatic N) is 4. The van der Waals surface area contributed by atoms with Gasteiger partial charge in [-0.05, 0) is 32.3 Å². The van der Waals surface area contributed by atoms with Gasteiger partial charge in [-0.1, -0.05) is 29.8 Å². The molecule has 0 atom stereocenters. The standard InChI is InChI=1S/C19H25N5O3/c1-13-4-6-15(7-5-13)12-20-18(25)16-8-10-23(11-9-16)19-17(24(26)27)14(2)21-22(19)3/h4-7,16H,8-12H2,1-3H3,(H,20,25). The van der Waals surface area contributed by atoms with Crippen LogP contribution in [-0.2, 0) is 18.4 Å². The highest BCUT2D eigenvalue weighted by Gasteiger charge is 2.32. The molecule has 1 aromatic heterocycles. The third-order valence-corrected chi connectivity index (χ3v) is 5.10. The fourth-order valence-corrected chi connectivity index (χ4v) is 3.60. The highest BCUT2D eigenvalue weighted by Crippen LogP contribution is 2.33. The van der Waals surface area contributed by atoms with Gasteiger partial charge in [0.15, 0.2) is 0 Å². The summed E-state index contributed by atoms with van der Waals surface area (Å²) >= 11 is 0. The number of amides is 1. The van der Waals surface area contributed by atoms with Gasteiger partial charge in [-0.2, -0.15) is 5.10 Å². The van der Waals surface area contributed by atoms with E-state index in [0.29, 0.717) is 44.0 Å². The maximum absolute atomic E-state index is 12.5. The smallest absolute Gasteiger partial charge is 0.333 e. The molecule has 0 saturated carbocycles. The van der Waals surface area contributed by atoms with Gasteiger partial charge >= 0.3 is 5.69 Å². The van der Waals surface area contributed by atoms with Crippen molar-refractivity contribution in [1.82, 2.24) is 15.1 Å². The Labute approximate surface area is 158 Å². The van der Waals surface area contributed by atoms with Crippen molar-refractivity contribution in [1.29, 1.82) is 0 Å². The fraction of sp³-hybridized carbons (Fsp3) is 0.474. The molecule has 144 valence electrons. The summed E-state index contributed by atoms with van der Waals surface area (Å²) in [5.74, 6) is 0.502. The largest absolute Gasteiger partial charge is 0.352 e. The summed E-state index contributed by atoms with van der Waals surface area (Å²) in [6, 6.07) is 8.09. The molecular formula is C19H25N5O3. The second kappa shape index (κ2) is 7.77. The van der Waals surface area contributed by atoms with E-state index in [9.17, 15) is 14.9 Å². The van der Waals surface area contributed by atoms with Crippen LogP contribution in [0.4, 0.5) is 11.5 Å². The van der Waals surface area contributed by atoms with Gasteiger partial charge in [0, 0.05) is 32.6 Å². The van der Waals surface area contributed by atoms with E-state index in [2.05, 4.69) is 10.4 Å². The van der Waals surface area contributed by atoms with Gasteiger partial charge in [0.25, 0.3) is 0 Å². The summed E-state index contributed by atoms with van der Waals surface area (Å²) in [6.07, 6.45) is 1.34. The third kappa shape index (κ3) is 4.10. The lowest BCUT2D eigenvalue weighted by Gasteiger charge is -2.32.